The number of carbonyl (C=O) groups excluding carboxylic acids is 1. The highest BCUT2D eigenvalue weighted by Crippen LogP contribution is 2.55. The molecule has 202 valence electrons. The zero-order valence-corrected chi connectivity index (χ0v) is 20.1. The molecule has 1 aromatic carbocycles. The minimum absolute atomic E-state index is 0.0361. The normalized spacial score (nSPS) is 27.9. The number of nitrogens with zero attached hydrogens (tertiary/aromatic N) is 1. The molecule has 0 saturated carbocycles. The highest BCUT2D eigenvalue weighted by atomic mass is 19.4. The van der Waals surface area contributed by atoms with Gasteiger partial charge in [0.1, 0.15) is 6.10 Å². The van der Waals surface area contributed by atoms with Crippen molar-refractivity contribution in [1.29, 1.82) is 0 Å². The Morgan fingerprint density at radius 2 is 2.03 bits per heavy atom. The lowest BCUT2D eigenvalue weighted by molar-refractivity contribution is -0.272. The molecule has 5 atom stereocenters. The van der Waals surface area contributed by atoms with Crippen LogP contribution in [0.3, 0.4) is 0 Å². The number of alkyl halides is 3. The molecule has 2 saturated heterocycles. The smallest absolute Gasteiger partial charge is 0.417 e. The first-order valence-corrected chi connectivity index (χ1v) is 11.8. The Kier molecular flexibility index (Phi) is 7.72. The molecule has 0 unspecified atom stereocenters. The molecule has 1 amide bonds. The number of hydrogen-bond acceptors (Lipinski definition) is 6. The van der Waals surface area contributed by atoms with Crippen molar-refractivity contribution in [3.63, 3.8) is 0 Å². The highest BCUT2D eigenvalue weighted by molar-refractivity contribution is 5.95. The van der Waals surface area contributed by atoms with Crippen LogP contribution in [0.2, 0.25) is 0 Å². The average Bonchev–Trinajstić information content (AvgIpc) is 3.47. The van der Waals surface area contributed by atoms with Crippen LogP contribution in [0.25, 0.3) is 0 Å². The summed E-state index contributed by atoms with van der Waals surface area (Å²) in [6.07, 6.45) is -4.73. The van der Waals surface area contributed by atoms with Gasteiger partial charge >= 0.3 is 6.18 Å². The third kappa shape index (κ3) is 5.27. The van der Waals surface area contributed by atoms with Crippen molar-refractivity contribution in [3.05, 3.63) is 53.4 Å². The monoisotopic (exact) mass is 530 g/mol. The van der Waals surface area contributed by atoms with E-state index in [1.807, 2.05) is 0 Å². The third-order valence-corrected chi connectivity index (χ3v) is 7.11. The fraction of sp³-hybridized carbons (Fsp3) is 0.520. The maximum atomic E-state index is 15.0. The summed E-state index contributed by atoms with van der Waals surface area (Å²) in [5.74, 6) is -6.87. The number of halogens is 5. The van der Waals surface area contributed by atoms with E-state index in [4.69, 9.17) is 19.3 Å². The van der Waals surface area contributed by atoms with E-state index in [1.54, 1.807) is 0 Å². The van der Waals surface area contributed by atoms with Crippen LogP contribution in [0.5, 0.6) is 5.75 Å². The summed E-state index contributed by atoms with van der Waals surface area (Å²) >= 11 is 0. The van der Waals surface area contributed by atoms with Gasteiger partial charge in [0.2, 0.25) is 5.82 Å². The van der Waals surface area contributed by atoms with Gasteiger partial charge in [-0.1, -0.05) is 13.0 Å². The van der Waals surface area contributed by atoms with Gasteiger partial charge in [-0.2, -0.15) is 17.6 Å². The van der Waals surface area contributed by atoms with Crippen molar-refractivity contribution in [3.8, 4) is 5.75 Å². The number of hydrogen-bond donors (Lipinski definition) is 2. The second-order valence-corrected chi connectivity index (χ2v) is 9.46. The van der Waals surface area contributed by atoms with Crippen LogP contribution in [0, 0.1) is 23.5 Å². The molecule has 0 aliphatic carbocycles. The number of anilines is 1. The molecular weight excluding hydrogens is 503 g/mol. The van der Waals surface area contributed by atoms with Crippen molar-refractivity contribution in [2.75, 3.05) is 25.1 Å². The molecule has 2 aliphatic rings. The van der Waals surface area contributed by atoms with Gasteiger partial charge in [0.05, 0.1) is 37.4 Å². The lowest BCUT2D eigenvalue weighted by atomic mass is 9.77. The lowest BCUT2D eigenvalue weighted by Gasteiger charge is -2.32. The van der Waals surface area contributed by atoms with Crippen molar-refractivity contribution < 1.29 is 46.1 Å². The number of nitrogens with one attached hydrogen (secondary N) is 1. The van der Waals surface area contributed by atoms with E-state index in [0.717, 1.165) is 19.1 Å². The number of pyridine rings is 1. The van der Waals surface area contributed by atoms with Gasteiger partial charge in [-0.15, -0.1) is 0 Å². The largest absolute Gasteiger partial charge is 0.490 e. The summed E-state index contributed by atoms with van der Waals surface area (Å²) in [4.78, 5) is 17.2. The summed E-state index contributed by atoms with van der Waals surface area (Å²) in [5, 5.41) is 11.6. The Morgan fingerprint density at radius 3 is 2.62 bits per heavy atom. The van der Waals surface area contributed by atoms with Crippen LogP contribution in [-0.4, -0.2) is 53.7 Å². The zero-order chi connectivity index (χ0) is 27.0. The van der Waals surface area contributed by atoms with Gasteiger partial charge in [0.25, 0.3) is 5.91 Å². The summed E-state index contributed by atoms with van der Waals surface area (Å²) in [6, 6.07) is 4.77. The SMILES string of the molecule is C[C@H]1[C@@H](c2ccc(F)c(F)c2OC[C@H]2CCOC2)[C@H](C(=O)Nc2ccc(CO)nc2)O[C@@]1(C)C(F)(F)F. The fourth-order valence-electron chi connectivity index (χ4n) is 4.70. The topological polar surface area (TPSA) is 89.9 Å². The van der Waals surface area contributed by atoms with E-state index >= 15 is 0 Å². The second kappa shape index (κ2) is 10.5. The van der Waals surface area contributed by atoms with Crippen LogP contribution in [-0.2, 0) is 20.9 Å². The van der Waals surface area contributed by atoms with E-state index in [9.17, 15) is 26.7 Å². The number of benzene rings is 1. The van der Waals surface area contributed by atoms with Crippen molar-refractivity contribution >= 4 is 11.6 Å². The van der Waals surface area contributed by atoms with Crippen molar-refractivity contribution in [1.82, 2.24) is 4.98 Å². The average molecular weight is 530 g/mol. The van der Waals surface area contributed by atoms with Gasteiger partial charge in [0.15, 0.2) is 17.2 Å². The van der Waals surface area contributed by atoms with E-state index in [1.165, 1.54) is 25.3 Å². The maximum absolute atomic E-state index is 15.0. The number of aromatic nitrogens is 1. The Bertz CT molecular complexity index is 1120. The molecule has 2 aromatic rings. The Hall–Kier alpha value is -2.83. The number of aliphatic hydroxyl groups is 1. The van der Waals surface area contributed by atoms with Gasteiger partial charge in [-0.3, -0.25) is 9.78 Å². The van der Waals surface area contributed by atoms with Gasteiger partial charge in [-0.25, -0.2) is 4.39 Å². The van der Waals surface area contributed by atoms with E-state index < -0.39 is 53.0 Å². The summed E-state index contributed by atoms with van der Waals surface area (Å²) in [5.41, 5.74) is -2.39. The molecule has 0 bridgehead atoms. The molecule has 12 heteroatoms. The van der Waals surface area contributed by atoms with Crippen LogP contribution < -0.4 is 10.1 Å². The molecule has 2 aliphatic heterocycles. The Morgan fingerprint density at radius 1 is 1.27 bits per heavy atom. The number of rotatable bonds is 7. The predicted octanol–water partition coefficient (Wildman–Crippen LogP) is 4.35. The predicted molar refractivity (Wildman–Crippen MR) is 121 cm³/mol. The first-order chi connectivity index (χ1) is 17.5. The van der Waals surface area contributed by atoms with Crippen molar-refractivity contribution in [2.45, 2.75) is 50.7 Å². The van der Waals surface area contributed by atoms with Gasteiger partial charge in [-0.05, 0) is 31.5 Å². The molecule has 0 spiro atoms. The zero-order valence-electron chi connectivity index (χ0n) is 20.1. The quantitative estimate of drug-likeness (QED) is 0.518. The number of ether oxygens (including phenoxy) is 3. The van der Waals surface area contributed by atoms with Crippen LogP contribution in [0.4, 0.5) is 27.6 Å². The standard InChI is InChI=1S/C25H27F5N2O5/c1-13-19(17-5-6-18(26)20(27)21(17)36-12-14-7-8-35-11-14)22(37-24(13,2)25(28,29)30)23(34)32-15-3-4-16(10-33)31-9-15/h3-6,9,13-14,19,22,33H,7-8,10-12H2,1-2H3,(H,32,34)/t13-,14-,19-,22+,24+/m0/s1. The van der Waals surface area contributed by atoms with Crippen LogP contribution >= 0.6 is 0 Å². The maximum Gasteiger partial charge on any atom is 0.417 e. The fourth-order valence-corrected chi connectivity index (χ4v) is 4.70. The third-order valence-electron chi connectivity index (χ3n) is 7.11. The van der Waals surface area contributed by atoms with E-state index in [2.05, 4.69) is 10.3 Å². The Balaban J connectivity index is 1.71. The molecule has 37 heavy (non-hydrogen) atoms. The van der Waals surface area contributed by atoms with E-state index in [0.29, 0.717) is 25.3 Å². The molecule has 1 aromatic heterocycles. The molecule has 2 N–H and O–H groups in total. The van der Waals surface area contributed by atoms with Crippen molar-refractivity contribution in [2.24, 2.45) is 11.8 Å². The van der Waals surface area contributed by atoms with Crippen LogP contribution in [0.1, 0.15) is 37.4 Å². The molecule has 4 rings (SSSR count). The van der Waals surface area contributed by atoms with E-state index in [-0.39, 0.29) is 30.4 Å². The first-order valence-electron chi connectivity index (χ1n) is 11.8. The molecule has 3 heterocycles. The Labute approximate surface area is 209 Å². The molecular formula is C25H27F5N2O5. The number of carbonyl (C=O) groups is 1. The second-order valence-electron chi connectivity index (χ2n) is 9.46. The summed E-state index contributed by atoms with van der Waals surface area (Å²) in [7, 11) is 0. The summed E-state index contributed by atoms with van der Waals surface area (Å²) < 4.78 is 87.9. The highest BCUT2D eigenvalue weighted by Gasteiger charge is 2.66. The number of aliphatic hydroxyl groups excluding tert-OH is 1. The summed E-state index contributed by atoms with van der Waals surface area (Å²) in [6.45, 7) is 2.54. The first kappa shape index (κ1) is 27.2. The molecule has 0 radical (unpaired) electrons. The van der Waals surface area contributed by atoms with Crippen LogP contribution in [0.15, 0.2) is 30.5 Å². The van der Waals surface area contributed by atoms with Gasteiger partial charge in [0, 0.05) is 29.9 Å². The minimum atomic E-state index is -4.87. The van der Waals surface area contributed by atoms with Gasteiger partial charge < -0.3 is 24.6 Å². The number of amides is 1. The molecule has 7 nitrogen and oxygen atoms in total. The molecule has 2 fully saturated rings. The lowest BCUT2D eigenvalue weighted by Crippen LogP contribution is -2.47. The minimum Gasteiger partial charge on any atom is -0.490 e.